The van der Waals surface area contributed by atoms with Crippen LogP contribution in [0, 0.1) is 0 Å². The largest absolute Gasteiger partial charge is 0.476 e. The number of rotatable bonds is 6. The van der Waals surface area contributed by atoms with Gasteiger partial charge < -0.3 is 14.3 Å². The molecule has 0 spiro atoms. The summed E-state index contributed by atoms with van der Waals surface area (Å²) in [7, 11) is 0. The highest BCUT2D eigenvalue weighted by atomic mass is 32.2. The van der Waals surface area contributed by atoms with Gasteiger partial charge in [0, 0.05) is 0 Å². The second-order valence-electron chi connectivity index (χ2n) is 5.19. The maximum Gasteiger partial charge on any atom is 0.222 e. The number of thioether (sulfide) groups is 2. The molecule has 0 fully saturated rings. The zero-order valence-corrected chi connectivity index (χ0v) is 16.7. The second kappa shape index (κ2) is 9.61. The van der Waals surface area contributed by atoms with Crippen molar-refractivity contribution < 1.29 is 14.3 Å². The first-order valence-corrected chi connectivity index (χ1v) is 9.55. The van der Waals surface area contributed by atoms with E-state index in [0.717, 1.165) is 11.8 Å². The van der Waals surface area contributed by atoms with Crippen LogP contribution in [0.2, 0.25) is 0 Å². The SMILES string of the molecule is CC(C)OC(=S)SC(C=O)(SC(=S)OC(C)C)c1ccccc1. The third kappa shape index (κ3) is 6.79. The molecule has 0 saturated heterocycles. The van der Waals surface area contributed by atoms with Gasteiger partial charge in [0.2, 0.25) is 8.77 Å². The summed E-state index contributed by atoms with van der Waals surface area (Å²) in [5.74, 6) is 0. The fourth-order valence-electron chi connectivity index (χ4n) is 1.61. The number of ether oxygens (including phenoxy) is 2. The van der Waals surface area contributed by atoms with Gasteiger partial charge >= 0.3 is 0 Å². The van der Waals surface area contributed by atoms with Gasteiger partial charge in [0.15, 0.2) is 10.4 Å². The highest BCUT2D eigenvalue weighted by Gasteiger charge is 2.38. The van der Waals surface area contributed by atoms with Gasteiger partial charge in [-0.1, -0.05) is 30.3 Å². The molecule has 1 rings (SSSR count). The highest BCUT2D eigenvalue weighted by molar-refractivity contribution is 8.37. The summed E-state index contributed by atoms with van der Waals surface area (Å²) in [4.78, 5) is 12.0. The number of hydrogen-bond donors (Lipinski definition) is 0. The molecule has 0 aromatic heterocycles. The van der Waals surface area contributed by atoms with E-state index in [1.165, 1.54) is 23.5 Å². The van der Waals surface area contributed by atoms with Gasteiger partial charge in [0.1, 0.15) is 0 Å². The first-order valence-electron chi connectivity index (χ1n) is 7.10. The Bertz CT molecular complexity index is 520. The van der Waals surface area contributed by atoms with Gasteiger partial charge in [-0.15, -0.1) is 0 Å². The highest BCUT2D eigenvalue weighted by Crippen LogP contribution is 2.47. The fourth-order valence-corrected chi connectivity index (χ4v) is 5.30. The first kappa shape index (κ1) is 20.4. The Balaban J connectivity index is 3.09. The molecule has 0 amide bonds. The van der Waals surface area contributed by atoms with Crippen molar-refractivity contribution in [2.45, 2.75) is 44.0 Å². The van der Waals surface area contributed by atoms with Crippen LogP contribution in [0.15, 0.2) is 30.3 Å². The lowest BCUT2D eigenvalue weighted by molar-refractivity contribution is -0.108. The van der Waals surface area contributed by atoms with Crippen LogP contribution in [0.5, 0.6) is 0 Å². The van der Waals surface area contributed by atoms with Gasteiger partial charge in [-0.2, -0.15) is 0 Å². The lowest BCUT2D eigenvalue weighted by atomic mass is 10.1. The van der Waals surface area contributed by atoms with Crippen LogP contribution in [-0.4, -0.2) is 27.3 Å². The summed E-state index contributed by atoms with van der Waals surface area (Å²) in [5, 5.41) is 0. The Morgan fingerprint density at radius 1 is 1.00 bits per heavy atom. The molecule has 0 atom stereocenters. The number of carbonyl (C=O) groups is 1. The first-order chi connectivity index (χ1) is 10.8. The van der Waals surface area contributed by atoms with E-state index in [9.17, 15) is 4.79 Å². The van der Waals surface area contributed by atoms with Crippen molar-refractivity contribution in [2.24, 2.45) is 0 Å². The fraction of sp³-hybridized carbons (Fsp3) is 0.438. The van der Waals surface area contributed by atoms with Crippen LogP contribution in [0.3, 0.4) is 0 Å². The summed E-state index contributed by atoms with van der Waals surface area (Å²) in [6, 6.07) is 9.36. The number of thiocarbonyl (C=S) groups is 2. The molecule has 1 aromatic carbocycles. The molecule has 0 N–H and O–H groups in total. The quantitative estimate of drug-likeness (QED) is 0.389. The third-order valence-electron chi connectivity index (χ3n) is 2.47. The average Bonchev–Trinajstić information content (AvgIpc) is 2.45. The summed E-state index contributed by atoms with van der Waals surface area (Å²) >= 11 is 12.9. The second-order valence-corrected chi connectivity index (χ2v) is 9.14. The van der Waals surface area contributed by atoms with E-state index in [1.807, 2.05) is 58.0 Å². The normalized spacial score (nSPS) is 11.4. The molecular formula is C16H20O3S4. The van der Waals surface area contributed by atoms with Gasteiger partial charge in [-0.3, -0.25) is 0 Å². The van der Waals surface area contributed by atoms with Crippen LogP contribution in [0.1, 0.15) is 33.3 Å². The van der Waals surface area contributed by atoms with E-state index in [-0.39, 0.29) is 12.2 Å². The topological polar surface area (TPSA) is 35.5 Å². The summed E-state index contributed by atoms with van der Waals surface area (Å²) in [5.41, 5.74) is 0.786. The van der Waals surface area contributed by atoms with Gasteiger partial charge in [-0.25, -0.2) is 0 Å². The van der Waals surface area contributed by atoms with Crippen molar-refractivity contribution in [3.8, 4) is 0 Å². The van der Waals surface area contributed by atoms with Crippen molar-refractivity contribution in [1.82, 2.24) is 0 Å². The van der Waals surface area contributed by atoms with Crippen LogP contribution in [0.25, 0.3) is 0 Å². The maximum absolute atomic E-state index is 12.0. The van der Waals surface area contributed by atoms with Gasteiger partial charge in [0.25, 0.3) is 0 Å². The number of hydrogen-bond acceptors (Lipinski definition) is 7. The van der Waals surface area contributed by atoms with Crippen molar-refractivity contribution in [3.63, 3.8) is 0 Å². The van der Waals surface area contributed by atoms with Gasteiger partial charge in [-0.05, 0) is 81.2 Å². The van der Waals surface area contributed by atoms with Crippen LogP contribution in [-0.2, 0) is 18.3 Å². The Kier molecular flexibility index (Phi) is 8.53. The summed E-state index contributed by atoms with van der Waals surface area (Å²) in [6.45, 7) is 7.55. The molecule has 126 valence electrons. The van der Waals surface area contributed by atoms with Crippen molar-refractivity contribution in [3.05, 3.63) is 35.9 Å². The summed E-state index contributed by atoms with van der Waals surface area (Å²) < 4.78 is 10.6. The molecule has 0 aliphatic rings. The zero-order valence-electron chi connectivity index (χ0n) is 13.5. The third-order valence-corrected chi connectivity index (χ3v) is 5.45. The minimum atomic E-state index is -1.03. The number of aldehydes is 1. The molecule has 23 heavy (non-hydrogen) atoms. The molecule has 0 aliphatic heterocycles. The van der Waals surface area contributed by atoms with E-state index in [1.54, 1.807) is 0 Å². The monoisotopic (exact) mass is 388 g/mol. The van der Waals surface area contributed by atoms with E-state index < -0.39 is 4.08 Å². The van der Waals surface area contributed by atoms with Gasteiger partial charge in [0.05, 0.1) is 12.2 Å². The molecule has 0 radical (unpaired) electrons. The molecular weight excluding hydrogens is 368 g/mol. The molecule has 0 unspecified atom stereocenters. The van der Waals surface area contributed by atoms with Crippen LogP contribution in [0.4, 0.5) is 0 Å². The summed E-state index contributed by atoms with van der Waals surface area (Å²) in [6.07, 6.45) is 0.724. The lowest BCUT2D eigenvalue weighted by Gasteiger charge is -2.28. The molecule has 3 nitrogen and oxygen atoms in total. The Morgan fingerprint density at radius 2 is 1.43 bits per heavy atom. The molecule has 0 bridgehead atoms. The van der Waals surface area contributed by atoms with Crippen molar-refractivity contribution >= 4 is 63.0 Å². The van der Waals surface area contributed by atoms with Crippen LogP contribution < -0.4 is 0 Å². The minimum absolute atomic E-state index is 0.0565. The standard InChI is InChI=1S/C16H20O3S4/c1-11(2)18-14(20)22-16(10-17,13-8-6-5-7-9-13)23-15(21)19-12(3)4/h5-12H,1-4H3. The van der Waals surface area contributed by atoms with E-state index in [2.05, 4.69) is 0 Å². The van der Waals surface area contributed by atoms with Crippen molar-refractivity contribution in [2.75, 3.05) is 0 Å². The molecule has 0 heterocycles. The Morgan fingerprint density at radius 3 is 1.78 bits per heavy atom. The van der Waals surface area contributed by atoms with E-state index in [4.69, 9.17) is 33.9 Å². The minimum Gasteiger partial charge on any atom is -0.476 e. The van der Waals surface area contributed by atoms with Crippen molar-refractivity contribution in [1.29, 1.82) is 0 Å². The lowest BCUT2D eigenvalue weighted by Crippen LogP contribution is -2.26. The Hall–Kier alpha value is -0.630. The number of carbonyl (C=O) groups excluding carboxylic acids is 1. The Labute approximate surface area is 156 Å². The maximum atomic E-state index is 12.0. The predicted molar refractivity (Wildman–Crippen MR) is 107 cm³/mol. The molecule has 0 aliphatic carbocycles. The molecule has 0 saturated carbocycles. The number of benzene rings is 1. The molecule has 1 aromatic rings. The van der Waals surface area contributed by atoms with Crippen LogP contribution >= 0.6 is 48.0 Å². The van der Waals surface area contributed by atoms with E-state index >= 15 is 0 Å². The average molecular weight is 389 g/mol. The zero-order chi connectivity index (χ0) is 17.5. The van der Waals surface area contributed by atoms with E-state index in [0.29, 0.717) is 8.77 Å². The predicted octanol–water partition coefficient (Wildman–Crippen LogP) is 4.92. The molecule has 7 heteroatoms. The smallest absolute Gasteiger partial charge is 0.222 e.